The molecule has 1 N–H and O–H groups in total. The predicted octanol–water partition coefficient (Wildman–Crippen LogP) is 1.68. The van der Waals surface area contributed by atoms with E-state index < -0.39 is 0 Å². The lowest BCUT2D eigenvalue weighted by atomic mass is 10.2. The summed E-state index contributed by atoms with van der Waals surface area (Å²) in [5, 5.41) is 9.03. The summed E-state index contributed by atoms with van der Waals surface area (Å²) in [6.07, 6.45) is 2.30. The molecule has 4 nitrogen and oxygen atoms in total. The Balaban J connectivity index is 2.57. The minimum atomic E-state index is 0.188. The normalized spacial score (nSPS) is 10.8. The van der Waals surface area contributed by atoms with Crippen LogP contribution in [0.3, 0.4) is 0 Å². The van der Waals surface area contributed by atoms with Gasteiger partial charge in [-0.3, -0.25) is 4.90 Å². The largest absolute Gasteiger partial charge is 0.481 e. The van der Waals surface area contributed by atoms with Crippen LogP contribution in [0.4, 0.5) is 0 Å². The van der Waals surface area contributed by atoms with E-state index in [0.29, 0.717) is 12.4 Å². The van der Waals surface area contributed by atoms with Crippen LogP contribution in [-0.4, -0.2) is 41.8 Å². The van der Waals surface area contributed by atoms with Crippen LogP contribution in [-0.2, 0) is 6.54 Å². The lowest BCUT2D eigenvalue weighted by Gasteiger charge is -2.20. The van der Waals surface area contributed by atoms with Gasteiger partial charge in [-0.25, -0.2) is 4.98 Å². The van der Waals surface area contributed by atoms with E-state index in [-0.39, 0.29) is 6.61 Å². The standard InChI is InChI=1S/C13H22N2O2/c1-3-4-8-15(9-10-16)11-12-6-5-7-13(14-12)17-2/h5-7,16H,3-4,8-11H2,1-2H3. The summed E-state index contributed by atoms with van der Waals surface area (Å²) in [6.45, 7) is 4.81. The van der Waals surface area contributed by atoms with Crippen LogP contribution in [0.2, 0.25) is 0 Å². The van der Waals surface area contributed by atoms with Gasteiger partial charge in [0.1, 0.15) is 0 Å². The number of hydrogen-bond donors (Lipinski definition) is 1. The van der Waals surface area contributed by atoms with Crippen LogP contribution >= 0.6 is 0 Å². The molecule has 0 bridgehead atoms. The molecule has 0 aliphatic rings. The number of aliphatic hydroxyl groups excluding tert-OH is 1. The predicted molar refractivity (Wildman–Crippen MR) is 68.1 cm³/mol. The Morgan fingerprint density at radius 1 is 1.35 bits per heavy atom. The summed E-state index contributed by atoms with van der Waals surface area (Å²) in [6, 6.07) is 5.77. The van der Waals surface area contributed by atoms with Crippen molar-refractivity contribution in [3.63, 3.8) is 0 Å². The smallest absolute Gasteiger partial charge is 0.213 e. The second-order valence-corrected chi connectivity index (χ2v) is 4.02. The molecular weight excluding hydrogens is 216 g/mol. The van der Waals surface area contributed by atoms with Crippen LogP contribution in [0.15, 0.2) is 18.2 Å². The van der Waals surface area contributed by atoms with Gasteiger partial charge in [-0.05, 0) is 19.0 Å². The van der Waals surface area contributed by atoms with Crippen LogP contribution in [0.5, 0.6) is 5.88 Å². The van der Waals surface area contributed by atoms with E-state index in [9.17, 15) is 0 Å². The van der Waals surface area contributed by atoms with Gasteiger partial charge in [-0.1, -0.05) is 19.4 Å². The SMILES string of the molecule is CCCCN(CCO)Cc1cccc(OC)n1. The zero-order valence-electron chi connectivity index (χ0n) is 10.7. The molecule has 1 aromatic heterocycles. The third-order valence-corrected chi connectivity index (χ3v) is 2.62. The number of aliphatic hydroxyl groups is 1. The maximum atomic E-state index is 9.03. The van der Waals surface area contributed by atoms with Crippen molar-refractivity contribution in [2.24, 2.45) is 0 Å². The molecule has 0 amide bonds. The minimum absolute atomic E-state index is 0.188. The highest BCUT2D eigenvalue weighted by molar-refractivity contribution is 5.15. The molecule has 0 spiro atoms. The van der Waals surface area contributed by atoms with Gasteiger partial charge in [0.05, 0.1) is 19.4 Å². The van der Waals surface area contributed by atoms with Crippen molar-refractivity contribution < 1.29 is 9.84 Å². The highest BCUT2D eigenvalue weighted by atomic mass is 16.5. The molecule has 1 heterocycles. The average Bonchev–Trinajstić information content (AvgIpc) is 2.36. The quantitative estimate of drug-likeness (QED) is 0.748. The molecule has 0 aliphatic carbocycles. The van der Waals surface area contributed by atoms with Crippen molar-refractivity contribution in [1.82, 2.24) is 9.88 Å². The molecule has 1 rings (SSSR count). The highest BCUT2D eigenvalue weighted by Crippen LogP contribution is 2.09. The van der Waals surface area contributed by atoms with Gasteiger partial charge in [-0.15, -0.1) is 0 Å². The summed E-state index contributed by atoms with van der Waals surface area (Å²) in [5.41, 5.74) is 0.980. The lowest BCUT2D eigenvalue weighted by Crippen LogP contribution is -2.28. The van der Waals surface area contributed by atoms with E-state index >= 15 is 0 Å². The van der Waals surface area contributed by atoms with Crippen molar-refractivity contribution in [1.29, 1.82) is 0 Å². The molecule has 1 aromatic rings. The van der Waals surface area contributed by atoms with Crippen molar-refractivity contribution in [2.45, 2.75) is 26.3 Å². The first-order chi connectivity index (χ1) is 8.30. The molecule has 96 valence electrons. The molecule has 0 aromatic carbocycles. The number of hydrogen-bond acceptors (Lipinski definition) is 4. The second-order valence-electron chi connectivity index (χ2n) is 4.02. The lowest BCUT2D eigenvalue weighted by molar-refractivity contribution is 0.186. The fourth-order valence-electron chi connectivity index (χ4n) is 1.68. The third kappa shape index (κ3) is 5.15. The summed E-state index contributed by atoms with van der Waals surface area (Å²) in [5.74, 6) is 0.641. The van der Waals surface area contributed by atoms with Crippen LogP contribution in [0.1, 0.15) is 25.5 Å². The van der Waals surface area contributed by atoms with Crippen molar-refractivity contribution in [3.8, 4) is 5.88 Å². The minimum Gasteiger partial charge on any atom is -0.481 e. The topological polar surface area (TPSA) is 45.6 Å². The van der Waals surface area contributed by atoms with Gasteiger partial charge in [0.2, 0.25) is 5.88 Å². The number of pyridine rings is 1. The van der Waals surface area contributed by atoms with Gasteiger partial charge >= 0.3 is 0 Å². The molecule has 0 aliphatic heterocycles. The Labute approximate surface area is 103 Å². The fourth-order valence-corrected chi connectivity index (χ4v) is 1.68. The Morgan fingerprint density at radius 3 is 2.82 bits per heavy atom. The van der Waals surface area contributed by atoms with E-state index in [4.69, 9.17) is 9.84 Å². The molecule has 0 fully saturated rings. The zero-order valence-corrected chi connectivity index (χ0v) is 10.7. The number of ether oxygens (including phenoxy) is 1. The maximum Gasteiger partial charge on any atom is 0.213 e. The highest BCUT2D eigenvalue weighted by Gasteiger charge is 2.06. The first-order valence-corrected chi connectivity index (χ1v) is 6.13. The molecule has 0 radical (unpaired) electrons. The Morgan fingerprint density at radius 2 is 2.18 bits per heavy atom. The molecule has 0 atom stereocenters. The van der Waals surface area contributed by atoms with E-state index in [2.05, 4.69) is 16.8 Å². The van der Waals surface area contributed by atoms with Crippen molar-refractivity contribution in [3.05, 3.63) is 23.9 Å². The van der Waals surface area contributed by atoms with E-state index in [1.54, 1.807) is 7.11 Å². The van der Waals surface area contributed by atoms with Crippen molar-refractivity contribution >= 4 is 0 Å². The van der Waals surface area contributed by atoms with Gasteiger partial charge in [0, 0.05) is 19.2 Å². The van der Waals surface area contributed by atoms with Gasteiger partial charge in [-0.2, -0.15) is 0 Å². The van der Waals surface area contributed by atoms with Crippen LogP contribution in [0.25, 0.3) is 0 Å². The van der Waals surface area contributed by atoms with E-state index in [0.717, 1.165) is 31.6 Å². The zero-order chi connectivity index (χ0) is 12.5. The Bertz CT molecular complexity index is 318. The molecule has 0 unspecified atom stereocenters. The van der Waals surface area contributed by atoms with E-state index in [1.165, 1.54) is 0 Å². The van der Waals surface area contributed by atoms with Crippen molar-refractivity contribution in [2.75, 3.05) is 26.8 Å². The molecule has 0 saturated heterocycles. The monoisotopic (exact) mass is 238 g/mol. The van der Waals surface area contributed by atoms with Crippen LogP contribution < -0.4 is 4.74 Å². The Hall–Kier alpha value is -1.13. The summed E-state index contributed by atoms with van der Waals surface area (Å²) in [4.78, 5) is 6.59. The summed E-state index contributed by atoms with van der Waals surface area (Å²) >= 11 is 0. The van der Waals surface area contributed by atoms with Gasteiger partial charge < -0.3 is 9.84 Å². The number of aromatic nitrogens is 1. The number of unbranched alkanes of at least 4 members (excludes halogenated alkanes) is 1. The molecular formula is C13H22N2O2. The maximum absolute atomic E-state index is 9.03. The second kappa shape index (κ2) is 8.03. The molecule has 0 saturated carbocycles. The van der Waals surface area contributed by atoms with Gasteiger partial charge in [0.25, 0.3) is 0 Å². The number of nitrogens with zero attached hydrogens (tertiary/aromatic N) is 2. The Kier molecular flexibility index (Phi) is 6.58. The summed E-state index contributed by atoms with van der Waals surface area (Å²) in [7, 11) is 1.62. The number of rotatable bonds is 8. The first-order valence-electron chi connectivity index (χ1n) is 6.13. The van der Waals surface area contributed by atoms with Gasteiger partial charge in [0.15, 0.2) is 0 Å². The van der Waals surface area contributed by atoms with Crippen LogP contribution in [0, 0.1) is 0 Å². The fraction of sp³-hybridized carbons (Fsp3) is 0.615. The number of methoxy groups -OCH3 is 1. The first kappa shape index (κ1) is 13.9. The third-order valence-electron chi connectivity index (χ3n) is 2.62. The average molecular weight is 238 g/mol. The van der Waals surface area contributed by atoms with E-state index in [1.807, 2.05) is 18.2 Å². The summed E-state index contributed by atoms with van der Waals surface area (Å²) < 4.78 is 5.10. The molecule has 17 heavy (non-hydrogen) atoms. The molecule has 4 heteroatoms.